The number of hydrogen-bond acceptors (Lipinski definition) is 2. The van der Waals surface area contributed by atoms with Crippen molar-refractivity contribution >= 4 is 0 Å². The van der Waals surface area contributed by atoms with Crippen molar-refractivity contribution in [1.29, 1.82) is 0 Å². The summed E-state index contributed by atoms with van der Waals surface area (Å²) in [6, 6.07) is 6.78. The fourth-order valence-corrected chi connectivity index (χ4v) is 2.12. The van der Waals surface area contributed by atoms with Crippen molar-refractivity contribution in [1.82, 2.24) is 0 Å². The van der Waals surface area contributed by atoms with Crippen molar-refractivity contribution < 1.29 is 4.74 Å². The van der Waals surface area contributed by atoms with E-state index in [1.54, 1.807) is 0 Å². The van der Waals surface area contributed by atoms with E-state index in [4.69, 9.17) is 10.5 Å². The zero-order chi connectivity index (χ0) is 14.5. The fraction of sp³-hybridized carbons (Fsp3) is 0.647. The third kappa shape index (κ3) is 5.65. The second-order valence-electron chi connectivity index (χ2n) is 6.57. The first-order chi connectivity index (χ1) is 8.80. The first kappa shape index (κ1) is 16.0. The van der Waals surface area contributed by atoms with Crippen LogP contribution in [0.2, 0.25) is 0 Å². The minimum absolute atomic E-state index is 0.120. The largest absolute Gasteiger partial charge is 0.493 e. The van der Waals surface area contributed by atoms with Crippen LogP contribution in [0.15, 0.2) is 18.2 Å². The van der Waals surface area contributed by atoms with Crippen LogP contribution in [0.4, 0.5) is 0 Å². The maximum atomic E-state index is 5.99. The highest BCUT2D eigenvalue weighted by Crippen LogP contribution is 2.32. The minimum Gasteiger partial charge on any atom is -0.493 e. The third-order valence-corrected chi connectivity index (χ3v) is 3.26. The van der Waals surface area contributed by atoms with Crippen molar-refractivity contribution in [2.75, 3.05) is 6.61 Å². The van der Waals surface area contributed by atoms with Gasteiger partial charge in [0.1, 0.15) is 5.75 Å². The van der Waals surface area contributed by atoms with Gasteiger partial charge in [-0.25, -0.2) is 0 Å². The first-order valence-corrected chi connectivity index (χ1v) is 7.30. The zero-order valence-corrected chi connectivity index (χ0v) is 13.1. The van der Waals surface area contributed by atoms with Gasteiger partial charge in [0.25, 0.3) is 0 Å². The molecule has 0 saturated carbocycles. The molecule has 0 saturated heterocycles. The Labute approximate surface area is 118 Å². The van der Waals surface area contributed by atoms with Gasteiger partial charge in [-0.15, -0.1) is 0 Å². The second-order valence-corrected chi connectivity index (χ2v) is 6.57. The highest BCUT2D eigenvalue weighted by atomic mass is 16.5. The number of unbranched alkanes of at least 4 members (excludes halogenated alkanes) is 1. The molecule has 0 aliphatic carbocycles. The van der Waals surface area contributed by atoms with Gasteiger partial charge in [0, 0.05) is 6.04 Å². The smallest absolute Gasteiger partial charge is 0.123 e. The molecule has 2 nitrogen and oxygen atoms in total. The number of hydrogen-bond donors (Lipinski definition) is 1. The summed E-state index contributed by atoms with van der Waals surface area (Å²) in [5.41, 5.74) is 8.40. The van der Waals surface area contributed by atoms with Gasteiger partial charge in [-0.3, -0.25) is 0 Å². The molecule has 1 aromatic rings. The summed E-state index contributed by atoms with van der Waals surface area (Å²) in [6.45, 7) is 11.6. The van der Waals surface area contributed by atoms with E-state index in [0.717, 1.165) is 31.6 Å². The van der Waals surface area contributed by atoms with Crippen LogP contribution in [0.25, 0.3) is 0 Å². The molecule has 1 unspecified atom stereocenters. The fourth-order valence-electron chi connectivity index (χ4n) is 2.12. The molecule has 2 heteroatoms. The summed E-state index contributed by atoms with van der Waals surface area (Å²) in [5.74, 6) is 1.04. The Hall–Kier alpha value is -1.02. The third-order valence-electron chi connectivity index (χ3n) is 3.26. The minimum atomic E-state index is 0.120. The van der Waals surface area contributed by atoms with Crippen LogP contribution in [0.5, 0.6) is 5.75 Å². The Morgan fingerprint density at radius 3 is 2.47 bits per heavy atom. The topological polar surface area (TPSA) is 35.2 Å². The van der Waals surface area contributed by atoms with E-state index >= 15 is 0 Å². The molecule has 0 aliphatic rings. The van der Waals surface area contributed by atoms with Crippen molar-refractivity contribution in [2.45, 2.75) is 65.3 Å². The van der Waals surface area contributed by atoms with Crippen LogP contribution in [0.3, 0.4) is 0 Å². The van der Waals surface area contributed by atoms with Gasteiger partial charge in [-0.1, -0.05) is 32.9 Å². The van der Waals surface area contributed by atoms with Crippen LogP contribution in [-0.2, 0) is 5.41 Å². The van der Waals surface area contributed by atoms with E-state index in [0.29, 0.717) is 6.04 Å². The van der Waals surface area contributed by atoms with Crippen LogP contribution in [0.1, 0.15) is 58.1 Å². The molecule has 0 aliphatic heterocycles. The average Bonchev–Trinajstić information content (AvgIpc) is 2.26. The molecule has 0 spiro atoms. The SMILES string of the molecule is Cc1ccc(C(C)(C)C)c(OCCCCC(C)N)c1. The molecular weight excluding hydrogens is 234 g/mol. The van der Waals surface area contributed by atoms with E-state index < -0.39 is 0 Å². The molecule has 0 aromatic heterocycles. The van der Waals surface area contributed by atoms with Crippen molar-refractivity contribution in [2.24, 2.45) is 5.73 Å². The Morgan fingerprint density at radius 2 is 1.89 bits per heavy atom. The molecule has 2 N–H and O–H groups in total. The van der Waals surface area contributed by atoms with E-state index in [9.17, 15) is 0 Å². The molecule has 0 fully saturated rings. The highest BCUT2D eigenvalue weighted by Gasteiger charge is 2.18. The van der Waals surface area contributed by atoms with Crippen LogP contribution >= 0.6 is 0 Å². The van der Waals surface area contributed by atoms with Gasteiger partial charge in [0.15, 0.2) is 0 Å². The van der Waals surface area contributed by atoms with E-state index in [1.807, 2.05) is 0 Å². The van der Waals surface area contributed by atoms with Gasteiger partial charge in [0.05, 0.1) is 6.61 Å². The molecule has 108 valence electrons. The lowest BCUT2D eigenvalue weighted by Gasteiger charge is -2.23. The Bertz CT molecular complexity index is 391. The predicted octanol–water partition coefficient (Wildman–Crippen LogP) is 4.19. The molecular formula is C17H29NO. The summed E-state index contributed by atoms with van der Waals surface area (Å²) in [5, 5.41) is 0. The number of nitrogens with two attached hydrogens (primary N) is 1. The van der Waals surface area contributed by atoms with E-state index in [2.05, 4.69) is 52.8 Å². The number of rotatable bonds is 6. The second kappa shape index (κ2) is 6.95. The van der Waals surface area contributed by atoms with E-state index in [-0.39, 0.29) is 5.41 Å². The quantitative estimate of drug-likeness (QED) is 0.781. The molecule has 1 rings (SSSR count). The van der Waals surface area contributed by atoms with Gasteiger partial charge in [0.2, 0.25) is 0 Å². The Morgan fingerprint density at radius 1 is 1.21 bits per heavy atom. The molecule has 1 atom stereocenters. The van der Waals surface area contributed by atoms with Crippen LogP contribution < -0.4 is 10.5 Å². The Kier molecular flexibility index (Phi) is 5.86. The monoisotopic (exact) mass is 263 g/mol. The van der Waals surface area contributed by atoms with Crippen LogP contribution in [0, 0.1) is 6.92 Å². The lowest BCUT2D eigenvalue weighted by atomic mass is 9.86. The maximum absolute atomic E-state index is 5.99. The number of benzene rings is 1. The first-order valence-electron chi connectivity index (χ1n) is 7.30. The van der Waals surface area contributed by atoms with Crippen LogP contribution in [-0.4, -0.2) is 12.6 Å². The van der Waals surface area contributed by atoms with E-state index in [1.165, 1.54) is 11.1 Å². The average molecular weight is 263 g/mol. The predicted molar refractivity (Wildman–Crippen MR) is 82.9 cm³/mol. The molecule has 0 radical (unpaired) electrons. The van der Waals surface area contributed by atoms with Crippen molar-refractivity contribution in [3.05, 3.63) is 29.3 Å². The normalized spacial score (nSPS) is 13.4. The lowest BCUT2D eigenvalue weighted by molar-refractivity contribution is 0.296. The van der Waals surface area contributed by atoms with Gasteiger partial charge in [-0.05, 0) is 55.7 Å². The summed E-state index contributed by atoms with van der Waals surface area (Å²) in [4.78, 5) is 0. The zero-order valence-electron chi connectivity index (χ0n) is 13.1. The van der Waals surface area contributed by atoms with Crippen molar-refractivity contribution in [3.8, 4) is 5.75 Å². The summed E-state index contributed by atoms with van der Waals surface area (Å²) < 4.78 is 5.99. The van der Waals surface area contributed by atoms with Gasteiger partial charge < -0.3 is 10.5 Å². The van der Waals surface area contributed by atoms with Gasteiger partial charge >= 0.3 is 0 Å². The molecule has 19 heavy (non-hydrogen) atoms. The van der Waals surface area contributed by atoms with Gasteiger partial charge in [-0.2, -0.15) is 0 Å². The molecule has 0 heterocycles. The Balaban J connectivity index is 2.59. The molecule has 1 aromatic carbocycles. The summed E-state index contributed by atoms with van der Waals surface area (Å²) in [7, 11) is 0. The van der Waals surface area contributed by atoms with Crippen molar-refractivity contribution in [3.63, 3.8) is 0 Å². The molecule has 0 amide bonds. The summed E-state index contributed by atoms with van der Waals surface area (Å²) >= 11 is 0. The molecule has 0 bridgehead atoms. The lowest BCUT2D eigenvalue weighted by Crippen LogP contribution is -2.15. The summed E-state index contributed by atoms with van der Waals surface area (Å²) in [6.07, 6.45) is 3.27. The standard InChI is InChI=1S/C17H29NO/c1-13-9-10-15(17(3,4)5)16(12-13)19-11-7-6-8-14(2)18/h9-10,12,14H,6-8,11,18H2,1-5H3. The highest BCUT2D eigenvalue weighted by molar-refractivity contribution is 5.41. The maximum Gasteiger partial charge on any atom is 0.123 e. The number of ether oxygens (including phenoxy) is 1. The number of aryl methyl sites for hydroxylation is 1.